The van der Waals surface area contributed by atoms with E-state index in [0.29, 0.717) is 0 Å². The smallest absolute Gasteiger partial charge is 2.00 e. The molecule has 0 saturated carbocycles. The van der Waals surface area contributed by atoms with Crippen LogP contribution in [-0.2, 0) is 36.8 Å². The fourth-order valence-corrected chi connectivity index (χ4v) is 0. The Balaban J connectivity index is 0. The molecule has 0 N–H and O–H groups in total. The van der Waals surface area contributed by atoms with Gasteiger partial charge < -0.3 is 11.0 Å². The van der Waals surface area contributed by atoms with E-state index in [1.165, 1.54) is 0 Å². The van der Waals surface area contributed by atoms with Gasteiger partial charge in [-0.1, -0.05) is 0 Å². The Morgan fingerprint density at radius 1 is 0.750 bits per heavy atom. The molecule has 0 atom stereocenters. The average molecular weight is 443 g/mol. The van der Waals surface area contributed by atoms with Crippen molar-refractivity contribution in [2.24, 2.45) is 0 Å². The van der Waals surface area contributed by atoms with Crippen molar-refractivity contribution in [2.75, 3.05) is 0 Å². The quantitative estimate of drug-likeness (QED) is 0.465. The van der Waals surface area contributed by atoms with E-state index in [2.05, 4.69) is 0 Å². The Kier molecular flexibility index (Phi) is 173. The summed E-state index contributed by atoms with van der Waals surface area (Å²) in [5, 5.41) is 0. The monoisotopic (exact) mass is 444 g/mol. The van der Waals surface area contributed by atoms with E-state index in [9.17, 15) is 0 Å². The van der Waals surface area contributed by atoms with Crippen LogP contribution in [-0.4, -0.2) is 0 Å². The summed E-state index contributed by atoms with van der Waals surface area (Å²) in [7, 11) is 0. The molecule has 0 aromatic heterocycles. The van der Waals surface area contributed by atoms with Crippen molar-refractivity contribution in [3.05, 3.63) is 0 Å². The molecule has 0 aliphatic carbocycles. The van der Waals surface area contributed by atoms with Gasteiger partial charge in [-0.25, -0.2) is 0 Å². The second kappa shape index (κ2) is 19.4. The molecule has 0 aromatic rings. The number of hydrogen-bond acceptors (Lipinski definition) is 0. The molecule has 0 rings (SSSR count). The molecule has 0 fully saturated rings. The summed E-state index contributed by atoms with van der Waals surface area (Å²) in [4.78, 5) is 0. The Morgan fingerprint density at radius 2 is 0.750 bits per heavy atom. The molecule has 0 heterocycles. The third kappa shape index (κ3) is 8.93. The second-order valence-corrected chi connectivity index (χ2v) is 0. The zero-order valence-electron chi connectivity index (χ0n) is 1.82. The minimum Gasteiger partial charge on any atom is -2.00 e. The van der Waals surface area contributed by atoms with Crippen LogP contribution in [0.4, 0.5) is 0 Å². The molecule has 0 radical (unpaired) electrons. The standard InChI is InChI=1S/Hf.2O.Th/q+4;2*-2;+4. The second-order valence-electron chi connectivity index (χ2n) is 0. The van der Waals surface area contributed by atoms with Gasteiger partial charge in [0.2, 0.25) is 0 Å². The van der Waals surface area contributed by atoms with Gasteiger partial charge in [-0.2, -0.15) is 0 Å². The first-order valence-corrected chi connectivity index (χ1v) is 0. The average Bonchev–Trinajstić information content (AvgIpc) is 0. The minimum absolute atomic E-state index is 0. The van der Waals surface area contributed by atoms with Crippen LogP contribution in [0.1, 0.15) is 0 Å². The zero-order valence-corrected chi connectivity index (χ0v) is 9.52. The van der Waals surface area contributed by atoms with E-state index < -0.39 is 0 Å². The molecule has 0 unspecified atom stereocenters. The molecule has 0 aliphatic rings. The van der Waals surface area contributed by atoms with E-state index in [4.69, 9.17) is 0 Å². The predicted molar refractivity (Wildman–Crippen MR) is 1.37 cm³/mol. The van der Waals surface area contributed by atoms with Gasteiger partial charge in [-0.15, -0.1) is 0 Å². The van der Waals surface area contributed by atoms with Crippen molar-refractivity contribution in [3.8, 4) is 0 Å². The van der Waals surface area contributed by atoms with Crippen LogP contribution in [0.15, 0.2) is 0 Å². The predicted octanol–water partition coefficient (Wildman–Crippen LogP) is -0.240. The molecular formula is HfO2Th+4. The maximum absolute atomic E-state index is 0. The molecule has 0 saturated heterocycles. The molecule has 16 valence electrons. The Labute approximate surface area is 75.4 Å². The van der Waals surface area contributed by atoms with Gasteiger partial charge in [0.25, 0.3) is 0 Å². The van der Waals surface area contributed by atoms with Gasteiger partial charge in [0.05, 0.1) is 0 Å². The van der Waals surface area contributed by atoms with Crippen molar-refractivity contribution in [1.29, 1.82) is 0 Å². The summed E-state index contributed by atoms with van der Waals surface area (Å²) in [6.07, 6.45) is 0. The first kappa shape index (κ1) is 35.8. The SMILES string of the molecule is [Hf+4].[O-2].[O-2].[Th+4]. The van der Waals surface area contributed by atoms with Crippen LogP contribution < -0.4 is 0 Å². The maximum atomic E-state index is 0. The van der Waals surface area contributed by atoms with Crippen LogP contribution in [0, 0.1) is 39.9 Å². The molecule has 2 nitrogen and oxygen atoms in total. The molecule has 0 bridgehead atoms. The fraction of sp³-hybridized carbons (Fsp3) is 0. The largest absolute Gasteiger partial charge is 4.00 e. The maximum Gasteiger partial charge on any atom is 4.00 e. The third-order valence-electron chi connectivity index (χ3n) is 0. The van der Waals surface area contributed by atoms with E-state index in [-0.39, 0.29) is 76.7 Å². The molecule has 4 heteroatoms. The van der Waals surface area contributed by atoms with Crippen molar-refractivity contribution >= 4 is 0 Å². The number of rotatable bonds is 0. The Morgan fingerprint density at radius 3 is 0.750 bits per heavy atom. The van der Waals surface area contributed by atoms with Crippen LogP contribution in [0.3, 0.4) is 0 Å². The van der Waals surface area contributed by atoms with Crippen LogP contribution >= 0.6 is 0 Å². The van der Waals surface area contributed by atoms with Crippen molar-refractivity contribution in [3.63, 3.8) is 0 Å². The van der Waals surface area contributed by atoms with E-state index in [1.54, 1.807) is 0 Å². The van der Waals surface area contributed by atoms with Crippen molar-refractivity contribution in [1.82, 2.24) is 0 Å². The first-order chi connectivity index (χ1) is 0. The van der Waals surface area contributed by atoms with Gasteiger partial charge in [-0.3, -0.25) is 0 Å². The van der Waals surface area contributed by atoms with Crippen LogP contribution in [0.25, 0.3) is 0 Å². The van der Waals surface area contributed by atoms with Gasteiger partial charge in [-0.05, 0) is 0 Å². The summed E-state index contributed by atoms with van der Waals surface area (Å²) in [5.74, 6) is 0. The fourth-order valence-electron chi connectivity index (χ4n) is 0. The number of hydrogen-bond donors (Lipinski definition) is 0. The topological polar surface area (TPSA) is 57.0 Å². The summed E-state index contributed by atoms with van der Waals surface area (Å²) in [6, 6.07) is 0. The Hall–Kier alpha value is 2.11. The normalized spacial score (nSPS) is 0. The van der Waals surface area contributed by atoms with E-state index in [0.717, 1.165) is 0 Å². The van der Waals surface area contributed by atoms with Gasteiger partial charge in [0, 0.05) is 0 Å². The summed E-state index contributed by atoms with van der Waals surface area (Å²) in [5.41, 5.74) is 0. The van der Waals surface area contributed by atoms with E-state index in [1.807, 2.05) is 0 Å². The van der Waals surface area contributed by atoms with Crippen LogP contribution in [0.2, 0.25) is 0 Å². The first-order valence-electron chi connectivity index (χ1n) is 0. The third-order valence-corrected chi connectivity index (χ3v) is 0. The summed E-state index contributed by atoms with van der Waals surface area (Å²) >= 11 is 0. The molecule has 0 aromatic carbocycles. The molecule has 0 amide bonds. The molecular weight excluding hydrogens is 443 g/mol. The molecule has 4 heavy (non-hydrogen) atoms. The van der Waals surface area contributed by atoms with Gasteiger partial charge >= 0.3 is 65.8 Å². The summed E-state index contributed by atoms with van der Waals surface area (Å²) in [6.45, 7) is 0. The van der Waals surface area contributed by atoms with Gasteiger partial charge in [0.15, 0.2) is 0 Å². The zero-order chi connectivity index (χ0) is 0. The van der Waals surface area contributed by atoms with Gasteiger partial charge in [0.1, 0.15) is 0 Å². The molecule has 0 spiro atoms. The molecule has 0 aliphatic heterocycles. The van der Waals surface area contributed by atoms with Crippen molar-refractivity contribution < 1.29 is 76.7 Å². The van der Waals surface area contributed by atoms with E-state index >= 15 is 0 Å². The van der Waals surface area contributed by atoms with Crippen molar-refractivity contribution in [2.45, 2.75) is 0 Å². The summed E-state index contributed by atoms with van der Waals surface area (Å²) < 4.78 is 0. The van der Waals surface area contributed by atoms with Crippen LogP contribution in [0.5, 0.6) is 0 Å². The Bertz CT molecular complexity index is 6.00. The minimum atomic E-state index is 0.